The fourth-order valence-electron chi connectivity index (χ4n) is 4.04. The summed E-state index contributed by atoms with van der Waals surface area (Å²) in [5.41, 5.74) is 1.10. The van der Waals surface area contributed by atoms with Gasteiger partial charge in [0.1, 0.15) is 29.6 Å². The monoisotopic (exact) mass is 525 g/mol. The Labute approximate surface area is 227 Å². The first-order chi connectivity index (χ1) is 18.5. The van der Waals surface area contributed by atoms with Gasteiger partial charge in [-0.1, -0.05) is 56.7 Å². The van der Waals surface area contributed by atoms with Gasteiger partial charge in [-0.3, -0.25) is 9.29 Å². The molecule has 0 aromatic heterocycles. The molecule has 1 heterocycles. The minimum absolute atomic E-state index is 0.192. The minimum Gasteiger partial charge on any atom is -0.508 e. The number of halogens is 1. The SMILES string of the molecule is CC(COc1ccccc1)N1CCC(CF)C1.CCCOc1ccc(O)cc1CCC.Oc1ccccc1. The van der Waals surface area contributed by atoms with Crippen LogP contribution < -0.4 is 9.47 Å². The van der Waals surface area contributed by atoms with Crippen LogP contribution in [0.1, 0.15) is 45.6 Å². The molecule has 4 rings (SSSR count). The van der Waals surface area contributed by atoms with Crippen LogP contribution in [0, 0.1) is 5.92 Å². The molecule has 1 aliphatic rings. The number of hydrogen-bond acceptors (Lipinski definition) is 5. The van der Waals surface area contributed by atoms with E-state index in [0.717, 1.165) is 62.4 Å². The largest absolute Gasteiger partial charge is 0.508 e. The van der Waals surface area contributed by atoms with E-state index in [1.807, 2.05) is 42.5 Å². The summed E-state index contributed by atoms with van der Waals surface area (Å²) in [6.07, 6.45) is 4.00. The quantitative estimate of drug-likeness (QED) is 0.291. The third-order valence-corrected chi connectivity index (χ3v) is 6.17. The molecule has 0 aliphatic carbocycles. The van der Waals surface area contributed by atoms with Crippen molar-refractivity contribution in [3.63, 3.8) is 0 Å². The van der Waals surface area contributed by atoms with Crippen LogP contribution in [-0.2, 0) is 6.42 Å². The molecule has 2 N–H and O–H groups in total. The Balaban J connectivity index is 0.000000217. The maximum Gasteiger partial charge on any atom is 0.122 e. The Kier molecular flexibility index (Phi) is 14.7. The Bertz CT molecular complexity index is 1000. The number of para-hydroxylation sites is 2. The van der Waals surface area contributed by atoms with E-state index >= 15 is 0 Å². The Morgan fingerprint density at radius 2 is 1.58 bits per heavy atom. The summed E-state index contributed by atoms with van der Waals surface area (Å²) in [4.78, 5) is 2.31. The molecule has 5 nitrogen and oxygen atoms in total. The van der Waals surface area contributed by atoms with Crippen molar-refractivity contribution in [1.29, 1.82) is 0 Å². The van der Waals surface area contributed by atoms with Crippen LogP contribution in [0.15, 0.2) is 78.9 Å². The predicted molar refractivity (Wildman–Crippen MR) is 153 cm³/mol. The van der Waals surface area contributed by atoms with Gasteiger partial charge in [0.15, 0.2) is 0 Å². The van der Waals surface area contributed by atoms with Crippen molar-refractivity contribution < 1.29 is 24.1 Å². The molecule has 0 bridgehead atoms. The first-order valence-electron chi connectivity index (χ1n) is 13.6. The van der Waals surface area contributed by atoms with Gasteiger partial charge in [0, 0.05) is 18.5 Å². The van der Waals surface area contributed by atoms with Gasteiger partial charge in [-0.25, -0.2) is 0 Å². The van der Waals surface area contributed by atoms with E-state index in [0.29, 0.717) is 24.1 Å². The lowest BCUT2D eigenvalue weighted by Gasteiger charge is -2.24. The highest BCUT2D eigenvalue weighted by atomic mass is 19.1. The molecule has 1 fully saturated rings. The number of phenolic OH excluding ortho intramolecular Hbond substituents is 2. The third kappa shape index (κ3) is 11.9. The van der Waals surface area contributed by atoms with Crippen molar-refractivity contribution in [2.75, 3.05) is 33.0 Å². The summed E-state index contributed by atoms with van der Waals surface area (Å²) < 4.78 is 23.8. The molecule has 3 aromatic carbocycles. The normalized spacial score (nSPS) is 15.4. The number of hydrogen-bond donors (Lipinski definition) is 2. The zero-order valence-corrected chi connectivity index (χ0v) is 23.1. The van der Waals surface area contributed by atoms with Gasteiger partial charge in [-0.2, -0.15) is 0 Å². The Morgan fingerprint density at radius 1 is 0.895 bits per heavy atom. The number of benzene rings is 3. The van der Waals surface area contributed by atoms with E-state index in [4.69, 9.17) is 14.6 Å². The molecule has 2 unspecified atom stereocenters. The first-order valence-corrected chi connectivity index (χ1v) is 13.6. The van der Waals surface area contributed by atoms with Crippen molar-refractivity contribution in [2.45, 2.75) is 52.5 Å². The smallest absolute Gasteiger partial charge is 0.122 e. The van der Waals surface area contributed by atoms with Gasteiger partial charge < -0.3 is 19.7 Å². The van der Waals surface area contributed by atoms with Crippen LogP contribution in [0.3, 0.4) is 0 Å². The van der Waals surface area contributed by atoms with Crippen molar-refractivity contribution in [2.24, 2.45) is 5.92 Å². The van der Waals surface area contributed by atoms with Crippen molar-refractivity contribution in [3.8, 4) is 23.0 Å². The molecular weight excluding hydrogens is 481 g/mol. The molecule has 3 aromatic rings. The molecule has 208 valence electrons. The number of alkyl halides is 1. The summed E-state index contributed by atoms with van der Waals surface area (Å²) in [5.74, 6) is 2.68. The third-order valence-electron chi connectivity index (χ3n) is 6.17. The van der Waals surface area contributed by atoms with Crippen molar-refractivity contribution in [3.05, 3.63) is 84.4 Å². The summed E-state index contributed by atoms with van der Waals surface area (Å²) in [6, 6.07) is 24.2. The highest BCUT2D eigenvalue weighted by Crippen LogP contribution is 2.25. The lowest BCUT2D eigenvalue weighted by Crippen LogP contribution is -2.35. The lowest BCUT2D eigenvalue weighted by atomic mass is 10.1. The van der Waals surface area contributed by atoms with Gasteiger partial charge in [0.2, 0.25) is 0 Å². The highest BCUT2D eigenvalue weighted by molar-refractivity contribution is 5.39. The second-order valence-electron chi connectivity index (χ2n) is 9.50. The second kappa shape index (κ2) is 18.1. The molecule has 0 spiro atoms. The number of likely N-dealkylation sites (tertiary alicyclic amines) is 1. The topological polar surface area (TPSA) is 62.2 Å². The average molecular weight is 526 g/mol. The van der Waals surface area contributed by atoms with E-state index in [1.54, 1.807) is 36.4 Å². The summed E-state index contributed by atoms with van der Waals surface area (Å²) in [5, 5.41) is 18.0. The van der Waals surface area contributed by atoms with Gasteiger partial charge in [0.05, 0.1) is 13.3 Å². The van der Waals surface area contributed by atoms with E-state index in [9.17, 15) is 9.50 Å². The molecule has 6 heteroatoms. The van der Waals surface area contributed by atoms with E-state index in [2.05, 4.69) is 25.7 Å². The Hall–Kier alpha value is -3.25. The lowest BCUT2D eigenvalue weighted by molar-refractivity contribution is 0.166. The van der Waals surface area contributed by atoms with Crippen LogP contribution >= 0.6 is 0 Å². The summed E-state index contributed by atoms with van der Waals surface area (Å²) in [6.45, 7) is 9.42. The minimum atomic E-state index is -0.192. The number of aromatic hydroxyl groups is 2. The van der Waals surface area contributed by atoms with Crippen LogP contribution in [0.2, 0.25) is 0 Å². The molecule has 1 saturated heterocycles. The molecule has 0 radical (unpaired) electrons. The number of phenols is 2. The first kappa shape index (κ1) is 31.0. The summed E-state index contributed by atoms with van der Waals surface area (Å²) in [7, 11) is 0. The zero-order valence-electron chi connectivity index (χ0n) is 23.1. The predicted octanol–water partition coefficient (Wildman–Crippen LogP) is 7.27. The number of aryl methyl sites for hydroxylation is 1. The fourth-order valence-corrected chi connectivity index (χ4v) is 4.04. The van der Waals surface area contributed by atoms with Crippen LogP contribution in [0.25, 0.3) is 0 Å². The molecule has 0 amide bonds. The maximum absolute atomic E-state index is 12.5. The Morgan fingerprint density at radius 3 is 2.13 bits per heavy atom. The number of ether oxygens (including phenoxy) is 2. The van der Waals surface area contributed by atoms with Gasteiger partial charge in [-0.15, -0.1) is 0 Å². The average Bonchev–Trinajstić information content (AvgIpc) is 3.43. The number of nitrogens with zero attached hydrogens (tertiary/aromatic N) is 1. The summed E-state index contributed by atoms with van der Waals surface area (Å²) >= 11 is 0. The molecule has 0 saturated carbocycles. The molecule has 1 aliphatic heterocycles. The molecule has 38 heavy (non-hydrogen) atoms. The van der Waals surface area contributed by atoms with E-state index in [1.165, 1.54) is 0 Å². The van der Waals surface area contributed by atoms with Crippen molar-refractivity contribution in [1.82, 2.24) is 4.90 Å². The van der Waals surface area contributed by atoms with E-state index in [-0.39, 0.29) is 12.6 Å². The van der Waals surface area contributed by atoms with Gasteiger partial charge in [0.25, 0.3) is 0 Å². The van der Waals surface area contributed by atoms with Crippen molar-refractivity contribution >= 4 is 0 Å². The highest BCUT2D eigenvalue weighted by Gasteiger charge is 2.26. The standard InChI is InChI=1S/C14H20FNO.C12H18O2.C6H6O/c1-12(16-8-7-13(9-15)10-16)11-17-14-5-3-2-4-6-14;1-3-5-10-9-11(13)6-7-12(10)14-8-4-2;7-6-4-2-1-3-5-6/h2-6,12-13H,7-11H2,1H3;6-7,9,13H,3-5,8H2,1-2H3;1-5,7H. The van der Waals surface area contributed by atoms with Crippen LogP contribution in [0.4, 0.5) is 4.39 Å². The van der Waals surface area contributed by atoms with Crippen LogP contribution in [0.5, 0.6) is 23.0 Å². The van der Waals surface area contributed by atoms with E-state index < -0.39 is 0 Å². The van der Waals surface area contributed by atoms with Crippen LogP contribution in [-0.4, -0.2) is 54.1 Å². The maximum atomic E-state index is 12.5. The zero-order chi connectivity index (χ0) is 27.6. The van der Waals surface area contributed by atoms with Gasteiger partial charge in [-0.05, 0) is 80.8 Å². The fraction of sp³-hybridized carbons (Fsp3) is 0.438. The molecule has 2 atom stereocenters. The van der Waals surface area contributed by atoms with Gasteiger partial charge >= 0.3 is 0 Å². The molecular formula is C32H44FNO4. The second-order valence-corrected chi connectivity index (χ2v) is 9.50. The number of rotatable bonds is 10.